The molecule has 0 aliphatic carbocycles. The highest BCUT2D eigenvalue weighted by atomic mass is 35.5. The van der Waals surface area contributed by atoms with Crippen molar-refractivity contribution in [3.05, 3.63) is 99.7 Å². The van der Waals surface area contributed by atoms with Crippen LogP contribution in [0.2, 0.25) is 10.0 Å². The van der Waals surface area contributed by atoms with Crippen molar-refractivity contribution in [2.45, 2.75) is 18.3 Å². The molecule has 3 aliphatic rings. The number of benzene rings is 3. The summed E-state index contributed by atoms with van der Waals surface area (Å²) in [5, 5.41) is 2.93. The first-order valence-corrected chi connectivity index (χ1v) is 12.7. The normalized spacial score (nSPS) is 23.5. The van der Waals surface area contributed by atoms with Crippen molar-refractivity contribution in [3.63, 3.8) is 0 Å². The van der Waals surface area contributed by atoms with Gasteiger partial charge in [-0.25, -0.2) is 4.90 Å². The zero-order chi connectivity index (χ0) is 27.6. The molecule has 6 rings (SSSR count). The first-order valence-electron chi connectivity index (χ1n) is 11.9. The van der Waals surface area contributed by atoms with Crippen LogP contribution in [0.4, 0.5) is 24.5 Å². The minimum absolute atomic E-state index is 0.0808. The number of fused-ring (bicyclic) bond motifs is 5. The number of hydrogen-bond acceptors (Lipinski definition) is 4. The van der Waals surface area contributed by atoms with Crippen LogP contribution in [0, 0.1) is 11.8 Å². The molecule has 198 valence electrons. The van der Waals surface area contributed by atoms with E-state index in [0.717, 1.165) is 28.2 Å². The van der Waals surface area contributed by atoms with Crippen LogP contribution in [0.1, 0.15) is 22.7 Å². The molecule has 3 heterocycles. The molecule has 3 aliphatic heterocycles. The van der Waals surface area contributed by atoms with Crippen LogP contribution in [0.25, 0.3) is 6.08 Å². The third kappa shape index (κ3) is 4.08. The van der Waals surface area contributed by atoms with Gasteiger partial charge in [0.15, 0.2) is 0 Å². The maximum atomic E-state index is 13.9. The van der Waals surface area contributed by atoms with Gasteiger partial charge in [0.25, 0.3) is 0 Å². The van der Waals surface area contributed by atoms with E-state index in [1.165, 1.54) is 30.3 Å². The number of hydrogen-bond donors (Lipinski definition) is 1. The first kappa shape index (κ1) is 25.5. The average Bonchev–Trinajstić information content (AvgIpc) is 3.37. The quantitative estimate of drug-likeness (QED) is 0.382. The van der Waals surface area contributed by atoms with Crippen LogP contribution in [-0.2, 0) is 20.6 Å². The summed E-state index contributed by atoms with van der Waals surface area (Å²) >= 11 is 12.5. The topological polar surface area (TPSA) is 69.7 Å². The number of anilines is 2. The fourth-order valence-corrected chi connectivity index (χ4v) is 6.11. The second-order valence-electron chi connectivity index (χ2n) is 9.51. The minimum Gasteiger partial charge on any atom is -0.357 e. The Morgan fingerprint density at radius 1 is 0.897 bits per heavy atom. The number of nitrogens with one attached hydrogen (secondary N) is 1. The molecule has 0 radical (unpaired) electrons. The van der Waals surface area contributed by atoms with E-state index >= 15 is 0 Å². The van der Waals surface area contributed by atoms with Gasteiger partial charge in [-0.2, -0.15) is 13.2 Å². The lowest BCUT2D eigenvalue weighted by atomic mass is 9.84. The molecule has 0 aromatic heterocycles. The molecule has 2 saturated heterocycles. The minimum atomic E-state index is -4.60. The van der Waals surface area contributed by atoms with Gasteiger partial charge in [0.2, 0.25) is 17.7 Å². The Kier molecular flexibility index (Phi) is 5.96. The van der Waals surface area contributed by atoms with Crippen LogP contribution in [0.5, 0.6) is 0 Å². The molecule has 4 atom stereocenters. The molecular weight excluding hydrogens is 554 g/mol. The lowest BCUT2D eigenvalue weighted by molar-refractivity contribution is -0.137. The van der Waals surface area contributed by atoms with Gasteiger partial charge in [-0.3, -0.25) is 14.4 Å². The van der Waals surface area contributed by atoms with Gasteiger partial charge in [0, 0.05) is 16.9 Å². The van der Waals surface area contributed by atoms with Gasteiger partial charge in [0.05, 0.1) is 34.2 Å². The summed E-state index contributed by atoms with van der Waals surface area (Å²) in [6, 6.07) is 14.1. The van der Waals surface area contributed by atoms with E-state index < -0.39 is 53.4 Å². The van der Waals surface area contributed by atoms with Crippen molar-refractivity contribution >= 4 is 58.4 Å². The molecule has 0 spiro atoms. The summed E-state index contributed by atoms with van der Waals surface area (Å²) < 4.78 is 39.8. The number of imide groups is 1. The molecule has 0 bridgehead atoms. The van der Waals surface area contributed by atoms with E-state index in [2.05, 4.69) is 5.32 Å². The predicted octanol–water partition coefficient (Wildman–Crippen LogP) is 6.17. The van der Waals surface area contributed by atoms with Crippen LogP contribution in [0.15, 0.2) is 72.9 Å². The second-order valence-corrected chi connectivity index (χ2v) is 10.4. The SMILES string of the molecule is O=C(Nc1cccc(C(F)(F)F)c1)[C@@H]1[C@@H]2C(=O)N(c3cc(Cl)ccc3Cl)C(=O)[C@@H]2[C@H]2c3ccccc3C=CN12. The second kappa shape index (κ2) is 9.14. The van der Waals surface area contributed by atoms with Crippen LogP contribution in [0.3, 0.4) is 0 Å². The van der Waals surface area contributed by atoms with Crippen LogP contribution >= 0.6 is 23.2 Å². The van der Waals surface area contributed by atoms with Crippen molar-refractivity contribution in [1.29, 1.82) is 0 Å². The third-order valence-electron chi connectivity index (χ3n) is 7.34. The highest BCUT2D eigenvalue weighted by molar-refractivity contribution is 6.38. The lowest BCUT2D eigenvalue weighted by Gasteiger charge is -2.35. The monoisotopic (exact) mass is 571 g/mol. The van der Waals surface area contributed by atoms with Gasteiger partial charge in [-0.15, -0.1) is 0 Å². The largest absolute Gasteiger partial charge is 0.416 e. The molecule has 1 N–H and O–H groups in total. The van der Waals surface area contributed by atoms with E-state index in [-0.39, 0.29) is 21.4 Å². The molecule has 0 unspecified atom stereocenters. The number of alkyl halides is 3. The summed E-state index contributed by atoms with van der Waals surface area (Å²) in [7, 11) is 0. The Morgan fingerprint density at radius 2 is 1.64 bits per heavy atom. The van der Waals surface area contributed by atoms with E-state index in [9.17, 15) is 27.6 Å². The Labute approximate surface area is 230 Å². The maximum Gasteiger partial charge on any atom is 0.416 e. The standard InChI is InChI=1S/C28H18Cl2F3N3O3/c29-16-8-9-19(30)20(13-16)36-26(38)21-22(27(36)39)24(35-11-10-14-4-1-2-7-18(14)23(21)35)25(37)34-17-6-3-5-15(12-17)28(31,32)33/h1-13,21-24H,(H,34,37)/t21-,22+,23+,24-/m0/s1. The van der Waals surface area contributed by atoms with Crippen molar-refractivity contribution in [2.24, 2.45) is 11.8 Å². The maximum absolute atomic E-state index is 13.9. The smallest absolute Gasteiger partial charge is 0.357 e. The highest BCUT2D eigenvalue weighted by Crippen LogP contribution is 2.54. The number of amides is 3. The van der Waals surface area contributed by atoms with Crippen molar-refractivity contribution in [1.82, 2.24) is 4.90 Å². The fraction of sp³-hybridized carbons (Fsp3) is 0.179. The summed E-state index contributed by atoms with van der Waals surface area (Å²) in [6.45, 7) is 0. The molecule has 3 aromatic rings. The van der Waals surface area contributed by atoms with Gasteiger partial charge < -0.3 is 10.2 Å². The molecular formula is C28H18Cl2F3N3O3. The van der Waals surface area contributed by atoms with Gasteiger partial charge in [-0.05, 0) is 53.6 Å². The molecule has 3 amide bonds. The van der Waals surface area contributed by atoms with Crippen LogP contribution in [-0.4, -0.2) is 28.7 Å². The van der Waals surface area contributed by atoms with Crippen molar-refractivity contribution < 1.29 is 27.6 Å². The van der Waals surface area contributed by atoms with Crippen molar-refractivity contribution in [3.8, 4) is 0 Å². The third-order valence-corrected chi connectivity index (χ3v) is 7.89. The van der Waals surface area contributed by atoms with Gasteiger partial charge >= 0.3 is 6.18 Å². The molecule has 2 fully saturated rings. The number of halogens is 5. The average molecular weight is 572 g/mol. The van der Waals surface area contributed by atoms with E-state index in [0.29, 0.717) is 0 Å². The predicted molar refractivity (Wildman–Crippen MR) is 140 cm³/mol. The Morgan fingerprint density at radius 3 is 2.41 bits per heavy atom. The summed E-state index contributed by atoms with van der Waals surface area (Å²) in [4.78, 5) is 44.1. The lowest BCUT2D eigenvalue weighted by Crippen LogP contribution is -2.46. The zero-order valence-corrected chi connectivity index (χ0v) is 21.3. The number of rotatable bonds is 3. The molecule has 6 nitrogen and oxygen atoms in total. The number of carbonyl (C=O) groups is 3. The molecule has 0 saturated carbocycles. The Balaban J connectivity index is 1.43. The molecule has 39 heavy (non-hydrogen) atoms. The molecule has 3 aromatic carbocycles. The first-order chi connectivity index (χ1) is 18.6. The Hall–Kier alpha value is -3.82. The molecule has 11 heteroatoms. The van der Waals surface area contributed by atoms with Gasteiger partial charge in [0.1, 0.15) is 6.04 Å². The summed E-state index contributed by atoms with van der Waals surface area (Å²) in [5.74, 6) is -3.96. The number of nitrogens with zero attached hydrogens (tertiary/aromatic N) is 2. The van der Waals surface area contributed by atoms with E-state index in [1.807, 2.05) is 18.2 Å². The fourth-order valence-electron chi connectivity index (χ4n) is 5.74. The highest BCUT2D eigenvalue weighted by Gasteiger charge is 2.64. The summed E-state index contributed by atoms with van der Waals surface area (Å²) in [6.07, 6.45) is -1.18. The van der Waals surface area contributed by atoms with Gasteiger partial charge in [-0.1, -0.05) is 53.5 Å². The van der Waals surface area contributed by atoms with E-state index in [4.69, 9.17) is 23.2 Å². The Bertz CT molecular complexity index is 1570. The van der Waals surface area contributed by atoms with E-state index in [1.54, 1.807) is 23.2 Å². The zero-order valence-electron chi connectivity index (χ0n) is 19.8. The van der Waals surface area contributed by atoms with Crippen molar-refractivity contribution in [2.75, 3.05) is 10.2 Å². The number of carbonyl (C=O) groups excluding carboxylic acids is 3. The van der Waals surface area contributed by atoms with Crippen LogP contribution < -0.4 is 10.2 Å². The summed E-state index contributed by atoms with van der Waals surface area (Å²) in [5.41, 5.74) is 0.683.